The second-order valence-corrected chi connectivity index (χ2v) is 3.55. The van der Waals surface area contributed by atoms with E-state index in [1.54, 1.807) is 0 Å². The first kappa shape index (κ1) is 9.60. The number of anilines is 1. The van der Waals surface area contributed by atoms with Gasteiger partial charge in [0.2, 0.25) is 0 Å². The molecule has 2 rings (SSSR count). The van der Waals surface area contributed by atoms with Crippen molar-refractivity contribution < 1.29 is 0 Å². The zero-order chi connectivity index (χ0) is 10.7. The van der Waals surface area contributed by atoms with Crippen LogP contribution >= 0.6 is 0 Å². The molecule has 0 aliphatic heterocycles. The molecule has 0 saturated carbocycles. The first-order valence-electron chi connectivity index (χ1n) is 4.97. The zero-order valence-electron chi connectivity index (χ0n) is 8.70. The lowest BCUT2D eigenvalue weighted by Crippen LogP contribution is -2.17. The Kier molecular flexibility index (Phi) is 2.59. The van der Waals surface area contributed by atoms with Crippen molar-refractivity contribution in [2.24, 2.45) is 0 Å². The van der Waals surface area contributed by atoms with Crippen molar-refractivity contribution in [1.29, 1.82) is 5.26 Å². The molecule has 3 heteroatoms. The highest BCUT2D eigenvalue weighted by molar-refractivity contribution is 5.92. The molecule has 0 saturated heterocycles. The summed E-state index contributed by atoms with van der Waals surface area (Å²) in [7, 11) is 2.01. The van der Waals surface area contributed by atoms with E-state index in [2.05, 4.69) is 28.1 Å². The number of hydrogen-bond acceptors (Lipinski definition) is 2. The van der Waals surface area contributed by atoms with Gasteiger partial charge in [0.15, 0.2) is 0 Å². The number of H-pyrrole nitrogens is 1. The van der Waals surface area contributed by atoms with E-state index in [0.29, 0.717) is 6.42 Å². The summed E-state index contributed by atoms with van der Waals surface area (Å²) < 4.78 is 0. The molecular formula is C12H13N3. The van der Waals surface area contributed by atoms with Gasteiger partial charge in [-0.3, -0.25) is 0 Å². The van der Waals surface area contributed by atoms with Gasteiger partial charge in [0.05, 0.1) is 18.2 Å². The van der Waals surface area contributed by atoms with E-state index >= 15 is 0 Å². The van der Waals surface area contributed by atoms with E-state index in [1.165, 1.54) is 5.39 Å². The Morgan fingerprint density at radius 2 is 2.20 bits per heavy atom. The van der Waals surface area contributed by atoms with Gasteiger partial charge in [-0.05, 0) is 6.07 Å². The van der Waals surface area contributed by atoms with Gasteiger partial charge in [0.25, 0.3) is 0 Å². The fourth-order valence-electron chi connectivity index (χ4n) is 1.71. The van der Waals surface area contributed by atoms with Crippen LogP contribution in [0, 0.1) is 11.3 Å². The maximum atomic E-state index is 8.54. The lowest BCUT2D eigenvalue weighted by molar-refractivity contribution is 0.909. The van der Waals surface area contributed by atoms with Crippen LogP contribution in [0.25, 0.3) is 10.9 Å². The van der Waals surface area contributed by atoms with Gasteiger partial charge in [-0.1, -0.05) is 18.2 Å². The van der Waals surface area contributed by atoms with E-state index in [4.69, 9.17) is 5.26 Å². The molecule has 0 spiro atoms. The Balaban J connectivity index is 2.32. The Morgan fingerprint density at radius 1 is 1.40 bits per heavy atom. The largest absolute Gasteiger partial charge is 0.372 e. The summed E-state index contributed by atoms with van der Waals surface area (Å²) in [5.41, 5.74) is 2.29. The van der Waals surface area contributed by atoms with Gasteiger partial charge in [-0.15, -0.1) is 0 Å². The minimum Gasteiger partial charge on any atom is -0.372 e. The van der Waals surface area contributed by atoms with Crippen molar-refractivity contribution >= 4 is 16.6 Å². The topological polar surface area (TPSA) is 42.8 Å². The lowest BCUT2D eigenvalue weighted by atomic mass is 10.2. The molecule has 0 radical (unpaired) electrons. The van der Waals surface area contributed by atoms with E-state index in [-0.39, 0.29) is 0 Å². The van der Waals surface area contributed by atoms with Crippen LogP contribution in [-0.2, 0) is 0 Å². The van der Waals surface area contributed by atoms with E-state index in [0.717, 1.165) is 17.7 Å². The van der Waals surface area contributed by atoms with Crippen molar-refractivity contribution in [3.8, 4) is 6.07 Å². The number of nitrogens with one attached hydrogen (secondary N) is 1. The molecule has 1 heterocycles. The van der Waals surface area contributed by atoms with Gasteiger partial charge < -0.3 is 9.88 Å². The molecule has 1 N–H and O–H groups in total. The first-order chi connectivity index (χ1) is 7.33. The van der Waals surface area contributed by atoms with Crippen molar-refractivity contribution in [3.05, 3.63) is 30.5 Å². The Morgan fingerprint density at radius 3 is 3.00 bits per heavy atom. The predicted octanol–water partition coefficient (Wildman–Crippen LogP) is 2.52. The molecule has 15 heavy (non-hydrogen) atoms. The molecular weight excluding hydrogens is 186 g/mol. The molecule has 0 aliphatic carbocycles. The third-order valence-electron chi connectivity index (χ3n) is 2.54. The number of para-hydroxylation sites is 1. The van der Waals surface area contributed by atoms with Crippen LogP contribution in [-0.4, -0.2) is 18.6 Å². The molecule has 0 aliphatic rings. The molecule has 0 atom stereocenters. The SMILES string of the molecule is CN(CCC#N)c1c[nH]c2ccccc12. The van der Waals surface area contributed by atoms with Crippen molar-refractivity contribution in [3.63, 3.8) is 0 Å². The Labute approximate surface area is 88.9 Å². The number of nitrogens with zero attached hydrogens (tertiary/aromatic N) is 2. The van der Waals surface area contributed by atoms with E-state index < -0.39 is 0 Å². The Bertz CT molecular complexity index is 493. The molecule has 0 unspecified atom stereocenters. The maximum absolute atomic E-state index is 8.54. The van der Waals surface area contributed by atoms with Crippen LogP contribution in [0.3, 0.4) is 0 Å². The smallest absolute Gasteiger partial charge is 0.0640 e. The number of aromatic nitrogens is 1. The van der Waals surface area contributed by atoms with Crippen LogP contribution in [0.1, 0.15) is 6.42 Å². The highest BCUT2D eigenvalue weighted by Gasteiger charge is 2.06. The molecule has 0 amide bonds. The summed E-state index contributed by atoms with van der Waals surface area (Å²) in [5.74, 6) is 0. The average Bonchev–Trinajstić information content (AvgIpc) is 2.69. The summed E-state index contributed by atoms with van der Waals surface area (Å²) in [6.45, 7) is 0.762. The zero-order valence-corrected chi connectivity index (χ0v) is 8.70. The number of fused-ring (bicyclic) bond motifs is 1. The number of nitriles is 1. The van der Waals surface area contributed by atoms with Gasteiger partial charge >= 0.3 is 0 Å². The third kappa shape index (κ3) is 1.79. The molecule has 0 fully saturated rings. The average molecular weight is 199 g/mol. The fourth-order valence-corrected chi connectivity index (χ4v) is 1.71. The quantitative estimate of drug-likeness (QED) is 0.825. The molecule has 1 aromatic carbocycles. The van der Waals surface area contributed by atoms with Crippen molar-refractivity contribution in [2.45, 2.75) is 6.42 Å². The van der Waals surface area contributed by atoms with Gasteiger partial charge in [-0.2, -0.15) is 5.26 Å². The monoisotopic (exact) mass is 199 g/mol. The van der Waals surface area contributed by atoms with E-state index in [9.17, 15) is 0 Å². The maximum Gasteiger partial charge on any atom is 0.0640 e. The second-order valence-electron chi connectivity index (χ2n) is 3.55. The molecule has 0 bridgehead atoms. The number of aromatic amines is 1. The minimum atomic E-state index is 0.552. The lowest BCUT2D eigenvalue weighted by Gasteiger charge is -2.16. The van der Waals surface area contributed by atoms with Crippen LogP contribution < -0.4 is 4.90 Å². The molecule has 2 aromatic rings. The summed E-state index contributed by atoms with van der Waals surface area (Å²) in [4.78, 5) is 5.32. The highest BCUT2D eigenvalue weighted by Crippen LogP contribution is 2.25. The predicted molar refractivity (Wildman–Crippen MR) is 61.8 cm³/mol. The summed E-state index contributed by atoms with van der Waals surface area (Å²) in [6, 6.07) is 10.3. The van der Waals surface area contributed by atoms with Gasteiger partial charge in [-0.25, -0.2) is 0 Å². The number of hydrogen-bond donors (Lipinski definition) is 1. The summed E-state index contributed by atoms with van der Waals surface area (Å²) in [6.07, 6.45) is 2.54. The van der Waals surface area contributed by atoms with E-state index in [1.807, 2.05) is 25.4 Å². The summed E-state index contributed by atoms with van der Waals surface area (Å²) in [5, 5.41) is 9.75. The molecule has 76 valence electrons. The first-order valence-corrected chi connectivity index (χ1v) is 4.97. The highest BCUT2D eigenvalue weighted by atomic mass is 15.1. The molecule has 1 aromatic heterocycles. The number of rotatable bonds is 3. The molecule has 3 nitrogen and oxygen atoms in total. The summed E-state index contributed by atoms with van der Waals surface area (Å²) >= 11 is 0. The standard InChI is InChI=1S/C12H13N3/c1-15(8-4-7-13)12-9-14-11-6-3-2-5-10(11)12/h2-3,5-6,9,14H,4,8H2,1H3. The normalized spacial score (nSPS) is 10.1. The second kappa shape index (κ2) is 4.05. The number of benzene rings is 1. The van der Waals surface area contributed by atoms with Gasteiger partial charge in [0, 0.05) is 30.7 Å². The van der Waals surface area contributed by atoms with Crippen LogP contribution in [0.5, 0.6) is 0 Å². The van der Waals surface area contributed by atoms with Crippen molar-refractivity contribution in [1.82, 2.24) is 4.98 Å². The van der Waals surface area contributed by atoms with Gasteiger partial charge in [0.1, 0.15) is 0 Å². The van der Waals surface area contributed by atoms with Crippen molar-refractivity contribution in [2.75, 3.05) is 18.5 Å². The van der Waals surface area contributed by atoms with Crippen LogP contribution in [0.2, 0.25) is 0 Å². The third-order valence-corrected chi connectivity index (χ3v) is 2.54. The minimum absolute atomic E-state index is 0.552. The Hall–Kier alpha value is -1.95. The van der Waals surface area contributed by atoms with Crippen LogP contribution in [0.15, 0.2) is 30.5 Å². The van der Waals surface area contributed by atoms with Crippen LogP contribution in [0.4, 0.5) is 5.69 Å². The fraction of sp³-hybridized carbons (Fsp3) is 0.250.